The van der Waals surface area contributed by atoms with Crippen LogP contribution in [-0.4, -0.2) is 38.7 Å². The summed E-state index contributed by atoms with van der Waals surface area (Å²) in [5.74, 6) is 0.490. The molecule has 0 radical (unpaired) electrons. The van der Waals surface area contributed by atoms with Crippen molar-refractivity contribution in [3.63, 3.8) is 0 Å². The van der Waals surface area contributed by atoms with Crippen LogP contribution in [0.1, 0.15) is 34.7 Å². The number of nitrogens with zero attached hydrogens (tertiary/aromatic N) is 4. The summed E-state index contributed by atoms with van der Waals surface area (Å²) in [4.78, 5) is 18.4. The number of aromatic nitrogens is 3. The molecule has 5 nitrogen and oxygen atoms in total. The zero-order chi connectivity index (χ0) is 13.9. The standard InChI is InChI=1S/C15H18N4O/c1-18-10-14(9-17-18)15(20)19-8-2-3-13(11-19)12-4-6-16-7-5-12/h4-7,9-10,13H,2-3,8,11H2,1H3/t13-/m1/s1. The predicted octanol–water partition coefficient (Wildman–Crippen LogP) is 1.83. The highest BCUT2D eigenvalue weighted by Crippen LogP contribution is 2.27. The van der Waals surface area contributed by atoms with Gasteiger partial charge in [0.1, 0.15) is 0 Å². The molecule has 1 atom stereocenters. The van der Waals surface area contributed by atoms with Gasteiger partial charge in [0.25, 0.3) is 5.91 Å². The highest BCUT2D eigenvalue weighted by molar-refractivity contribution is 5.93. The smallest absolute Gasteiger partial charge is 0.257 e. The summed E-state index contributed by atoms with van der Waals surface area (Å²) < 4.78 is 1.66. The third-order valence-corrected chi connectivity index (χ3v) is 3.84. The van der Waals surface area contributed by atoms with E-state index in [4.69, 9.17) is 0 Å². The van der Waals surface area contributed by atoms with Crippen LogP contribution in [-0.2, 0) is 7.05 Å². The van der Waals surface area contributed by atoms with E-state index in [9.17, 15) is 4.79 Å². The molecule has 3 rings (SSSR count). The first kappa shape index (κ1) is 12.8. The number of amides is 1. The van der Waals surface area contributed by atoms with Crippen LogP contribution in [0.2, 0.25) is 0 Å². The lowest BCUT2D eigenvalue weighted by molar-refractivity contribution is 0.0707. The van der Waals surface area contributed by atoms with Crippen molar-refractivity contribution in [2.75, 3.05) is 13.1 Å². The molecule has 1 saturated heterocycles. The van der Waals surface area contributed by atoms with E-state index in [-0.39, 0.29) is 5.91 Å². The topological polar surface area (TPSA) is 51.0 Å². The molecule has 104 valence electrons. The van der Waals surface area contributed by atoms with Crippen molar-refractivity contribution >= 4 is 5.91 Å². The summed E-state index contributed by atoms with van der Waals surface area (Å²) in [6.07, 6.45) is 9.21. The molecule has 0 aromatic carbocycles. The molecule has 2 aromatic heterocycles. The van der Waals surface area contributed by atoms with Gasteiger partial charge in [-0.1, -0.05) is 0 Å². The van der Waals surface area contributed by atoms with Gasteiger partial charge in [-0.3, -0.25) is 14.5 Å². The number of piperidine rings is 1. The number of rotatable bonds is 2. The van der Waals surface area contributed by atoms with Gasteiger partial charge in [-0.05, 0) is 30.5 Å². The maximum Gasteiger partial charge on any atom is 0.257 e. The van der Waals surface area contributed by atoms with Gasteiger partial charge >= 0.3 is 0 Å². The van der Waals surface area contributed by atoms with Crippen LogP contribution in [0.3, 0.4) is 0 Å². The van der Waals surface area contributed by atoms with Crippen molar-refractivity contribution in [1.82, 2.24) is 19.7 Å². The summed E-state index contributed by atoms with van der Waals surface area (Å²) in [7, 11) is 1.83. The van der Waals surface area contributed by atoms with Crippen LogP contribution in [0.15, 0.2) is 36.9 Å². The van der Waals surface area contributed by atoms with E-state index < -0.39 is 0 Å². The number of hydrogen-bond donors (Lipinski definition) is 0. The van der Waals surface area contributed by atoms with E-state index in [1.165, 1.54) is 5.56 Å². The number of aryl methyl sites for hydroxylation is 1. The Labute approximate surface area is 118 Å². The molecule has 0 unspecified atom stereocenters. The fourth-order valence-corrected chi connectivity index (χ4v) is 2.78. The zero-order valence-electron chi connectivity index (χ0n) is 11.6. The van der Waals surface area contributed by atoms with Gasteiger partial charge < -0.3 is 4.90 Å². The Balaban J connectivity index is 1.74. The van der Waals surface area contributed by atoms with E-state index in [1.807, 2.05) is 36.5 Å². The Morgan fingerprint density at radius 2 is 2.15 bits per heavy atom. The molecule has 1 fully saturated rings. The van der Waals surface area contributed by atoms with Crippen molar-refractivity contribution in [1.29, 1.82) is 0 Å². The molecule has 0 bridgehead atoms. The van der Waals surface area contributed by atoms with Gasteiger partial charge in [-0.25, -0.2) is 0 Å². The Hall–Kier alpha value is -2.17. The molecule has 0 saturated carbocycles. The van der Waals surface area contributed by atoms with E-state index in [1.54, 1.807) is 17.1 Å². The molecule has 5 heteroatoms. The van der Waals surface area contributed by atoms with Gasteiger partial charge in [0, 0.05) is 44.6 Å². The Kier molecular flexibility index (Phi) is 3.50. The molecule has 0 N–H and O–H groups in total. The third kappa shape index (κ3) is 2.57. The van der Waals surface area contributed by atoms with E-state index in [0.29, 0.717) is 11.5 Å². The maximum atomic E-state index is 12.5. The Bertz CT molecular complexity index is 593. The first-order valence-corrected chi connectivity index (χ1v) is 6.92. The molecular weight excluding hydrogens is 252 g/mol. The lowest BCUT2D eigenvalue weighted by atomic mass is 9.91. The van der Waals surface area contributed by atoms with Gasteiger partial charge in [0.15, 0.2) is 0 Å². The quantitative estimate of drug-likeness (QED) is 0.836. The van der Waals surface area contributed by atoms with E-state index in [0.717, 1.165) is 25.9 Å². The highest BCUT2D eigenvalue weighted by Gasteiger charge is 2.25. The molecule has 2 aromatic rings. The molecule has 0 aliphatic carbocycles. The van der Waals surface area contributed by atoms with Gasteiger partial charge in [0.2, 0.25) is 0 Å². The largest absolute Gasteiger partial charge is 0.338 e. The summed E-state index contributed by atoms with van der Waals surface area (Å²) >= 11 is 0. The van der Waals surface area contributed by atoms with Gasteiger partial charge in [0.05, 0.1) is 11.8 Å². The molecule has 1 amide bonds. The molecule has 20 heavy (non-hydrogen) atoms. The first-order chi connectivity index (χ1) is 9.74. The van der Waals surface area contributed by atoms with Crippen LogP contribution in [0.25, 0.3) is 0 Å². The lowest BCUT2D eigenvalue weighted by Crippen LogP contribution is -2.39. The van der Waals surface area contributed by atoms with Crippen molar-refractivity contribution in [3.8, 4) is 0 Å². The van der Waals surface area contributed by atoms with Gasteiger partial charge in [-0.2, -0.15) is 5.10 Å². The fraction of sp³-hybridized carbons (Fsp3) is 0.400. The average molecular weight is 270 g/mol. The van der Waals surface area contributed by atoms with Crippen molar-refractivity contribution in [2.45, 2.75) is 18.8 Å². The van der Waals surface area contributed by atoms with Crippen LogP contribution in [0, 0.1) is 0 Å². The summed E-state index contributed by atoms with van der Waals surface area (Å²) in [5, 5.41) is 4.07. The second-order valence-electron chi connectivity index (χ2n) is 5.27. The number of hydrogen-bond acceptors (Lipinski definition) is 3. The van der Waals surface area contributed by atoms with Crippen molar-refractivity contribution in [2.24, 2.45) is 7.05 Å². The molecule has 1 aliphatic heterocycles. The highest BCUT2D eigenvalue weighted by atomic mass is 16.2. The van der Waals surface area contributed by atoms with E-state index >= 15 is 0 Å². The SMILES string of the molecule is Cn1cc(C(=O)N2CCC[C@@H](c3ccncc3)C2)cn1. The van der Waals surface area contributed by atoms with Crippen molar-refractivity contribution in [3.05, 3.63) is 48.0 Å². The molecule has 0 spiro atoms. The van der Waals surface area contributed by atoms with Crippen molar-refractivity contribution < 1.29 is 4.79 Å². The predicted molar refractivity (Wildman–Crippen MR) is 75.3 cm³/mol. The Morgan fingerprint density at radius 3 is 2.85 bits per heavy atom. The minimum absolute atomic E-state index is 0.0804. The zero-order valence-corrected chi connectivity index (χ0v) is 11.6. The maximum absolute atomic E-state index is 12.5. The average Bonchev–Trinajstić information content (AvgIpc) is 2.94. The lowest BCUT2D eigenvalue weighted by Gasteiger charge is -2.32. The van der Waals surface area contributed by atoms with Gasteiger partial charge in [-0.15, -0.1) is 0 Å². The first-order valence-electron chi connectivity index (χ1n) is 6.92. The summed E-state index contributed by atoms with van der Waals surface area (Å²) in [6, 6.07) is 4.09. The fourth-order valence-electron chi connectivity index (χ4n) is 2.78. The number of pyridine rings is 1. The van der Waals surface area contributed by atoms with Crippen LogP contribution >= 0.6 is 0 Å². The molecule has 3 heterocycles. The van der Waals surface area contributed by atoms with Crippen LogP contribution in [0.4, 0.5) is 0 Å². The monoisotopic (exact) mass is 270 g/mol. The summed E-state index contributed by atoms with van der Waals surface area (Å²) in [6.45, 7) is 1.60. The second-order valence-corrected chi connectivity index (χ2v) is 5.27. The van der Waals surface area contributed by atoms with E-state index in [2.05, 4.69) is 10.1 Å². The number of carbonyl (C=O) groups excluding carboxylic acids is 1. The van der Waals surface area contributed by atoms with Crippen LogP contribution in [0.5, 0.6) is 0 Å². The minimum Gasteiger partial charge on any atom is -0.338 e. The molecule has 1 aliphatic rings. The second kappa shape index (κ2) is 5.45. The minimum atomic E-state index is 0.0804. The number of carbonyl (C=O) groups is 1. The van der Waals surface area contributed by atoms with Crippen LogP contribution < -0.4 is 0 Å². The normalized spacial score (nSPS) is 19.1. The summed E-state index contributed by atoms with van der Waals surface area (Å²) in [5.41, 5.74) is 1.94. The Morgan fingerprint density at radius 1 is 1.35 bits per heavy atom. The number of likely N-dealkylation sites (tertiary alicyclic amines) is 1. The molecular formula is C15H18N4O. The third-order valence-electron chi connectivity index (χ3n) is 3.84.